The van der Waals surface area contributed by atoms with E-state index in [0.717, 1.165) is 5.56 Å². The lowest BCUT2D eigenvalue weighted by Crippen LogP contribution is -2.02. The lowest BCUT2D eigenvalue weighted by atomic mass is 9.98. The van der Waals surface area contributed by atoms with E-state index in [0.29, 0.717) is 22.4 Å². The molecule has 2 aromatic rings. The molecule has 0 fully saturated rings. The molecule has 4 heteroatoms. The molecular formula is C16H15FO3. The summed E-state index contributed by atoms with van der Waals surface area (Å²) in [5.74, 6) is -0.164. The minimum atomic E-state index is -0.411. The van der Waals surface area contributed by atoms with E-state index in [9.17, 15) is 9.18 Å². The first-order chi connectivity index (χ1) is 9.56. The molecule has 0 atom stereocenters. The van der Waals surface area contributed by atoms with Crippen molar-refractivity contribution in [3.05, 3.63) is 53.3 Å². The molecular weight excluding hydrogens is 259 g/mol. The molecule has 0 radical (unpaired) electrons. The molecule has 0 saturated carbocycles. The number of benzene rings is 2. The monoisotopic (exact) mass is 274 g/mol. The van der Waals surface area contributed by atoms with Gasteiger partial charge in [-0.2, -0.15) is 0 Å². The number of hydrogen-bond acceptors (Lipinski definition) is 3. The number of methoxy groups -OCH3 is 2. The molecule has 2 aromatic carbocycles. The molecule has 3 nitrogen and oxygen atoms in total. The molecule has 0 aliphatic rings. The van der Waals surface area contributed by atoms with Crippen molar-refractivity contribution in [3.63, 3.8) is 0 Å². The molecule has 0 aliphatic carbocycles. The number of carbonyl (C=O) groups excluding carboxylic acids is 1. The standard InChI is InChI=1S/C16H15FO3/c1-10-8-11(16(18)20-3)4-6-13(10)14-9-12(19-2)5-7-15(14)17/h4-9H,1-3H3. The normalized spacial score (nSPS) is 10.2. The SMILES string of the molecule is COC(=O)c1ccc(-c2cc(OC)ccc2F)c(C)c1. The van der Waals surface area contributed by atoms with Gasteiger partial charge in [0.05, 0.1) is 19.8 Å². The molecule has 20 heavy (non-hydrogen) atoms. The van der Waals surface area contributed by atoms with Gasteiger partial charge in [0.2, 0.25) is 0 Å². The van der Waals surface area contributed by atoms with Gasteiger partial charge in [0, 0.05) is 5.56 Å². The minimum Gasteiger partial charge on any atom is -0.497 e. The highest BCUT2D eigenvalue weighted by atomic mass is 19.1. The summed E-state index contributed by atoms with van der Waals surface area (Å²) < 4.78 is 23.7. The van der Waals surface area contributed by atoms with Crippen LogP contribution in [0.5, 0.6) is 5.75 Å². The fourth-order valence-corrected chi connectivity index (χ4v) is 2.05. The van der Waals surface area contributed by atoms with Gasteiger partial charge in [0.1, 0.15) is 11.6 Å². The molecule has 0 saturated heterocycles. The van der Waals surface area contributed by atoms with E-state index in [1.165, 1.54) is 20.3 Å². The summed E-state index contributed by atoms with van der Waals surface area (Å²) in [5, 5.41) is 0. The average Bonchev–Trinajstić information content (AvgIpc) is 2.47. The van der Waals surface area contributed by atoms with Gasteiger partial charge in [0.25, 0.3) is 0 Å². The second kappa shape index (κ2) is 5.74. The number of hydrogen-bond donors (Lipinski definition) is 0. The molecule has 0 aromatic heterocycles. The lowest BCUT2D eigenvalue weighted by Gasteiger charge is -2.10. The highest BCUT2D eigenvalue weighted by Gasteiger charge is 2.12. The van der Waals surface area contributed by atoms with Crippen LogP contribution in [0.15, 0.2) is 36.4 Å². The predicted molar refractivity (Wildman–Crippen MR) is 74.5 cm³/mol. The topological polar surface area (TPSA) is 35.5 Å². The van der Waals surface area contributed by atoms with Crippen LogP contribution in [0.2, 0.25) is 0 Å². The van der Waals surface area contributed by atoms with E-state index >= 15 is 0 Å². The lowest BCUT2D eigenvalue weighted by molar-refractivity contribution is 0.0600. The maximum atomic E-state index is 13.9. The first kappa shape index (κ1) is 14.1. The average molecular weight is 274 g/mol. The van der Waals surface area contributed by atoms with E-state index < -0.39 is 5.97 Å². The third kappa shape index (κ3) is 2.64. The van der Waals surface area contributed by atoms with Crippen LogP contribution in [0, 0.1) is 12.7 Å². The summed E-state index contributed by atoms with van der Waals surface area (Å²) in [7, 11) is 2.86. The predicted octanol–water partition coefficient (Wildman–Crippen LogP) is 3.60. The summed E-state index contributed by atoms with van der Waals surface area (Å²) in [4.78, 5) is 11.5. The van der Waals surface area contributed by atoms with Crippen molar-refractivity contribution < 1.29 is 18.7 Å². The Morgan fingerprint density at radius 1 is 1.05 bits per heavy atom. The molecule has 0 amide bonds. The molecule has 0 unspecified atom stereocenters. The Morgan fingerprint density at radius 3 is 2.40 bits per heavy atom. The maximum Gasteiger partial charge on any atom is 0.337 e. The zero-order chi connectivity index (χ0) is 14.7. The van der Waals surface area contributed by atoms with Crippen LogP contribution in [-0.2, 0) is 4.74 Å². The van der Waals surface area contributed by atoms with Crippen molar-refractivity contribution in [2.24, 2.45) is 0 Å². The van der Waals surface area contributed by atoms with Crippen molar-refractivity contribution in [1.29, 1.82) is 0 Å². The number of esters is 1. The Balaban J connectivity index is 2.51. The van der Waals surface area contributed by atoms with Crippen LogP contribution in [0.3, 0.4) is 0 Å². The van der Waals surface area contributed by atoms with E-state index in [1.54, 1.807) is 30.3 Å². The van der Waals surface area contributed by atoms with Crippen LogP contribution in [0.1, 0.15) is 15.9 Å². The van der Waals surface area contributed by atoms with Gasteiger partial charge >= 0.3 is 5.97 Å². The molecule has 0 N–H and O–H groups in total. The van der Waals surface area contributed by atoms with Gasteiger partial charge in [-0.15, -0.1) is 0 Å². The van der Waals surface area contributed by atoms with Gasteiger partial charge in [-0.25, -0.2) is 9.18 Å². The van der Waals surface area contributed by atoms with Gasteiger partial charge in [0.15, 0.2) is 0 Å². The van der Waals surface area contributed by atoms with Crippen LogP contribution in [0.25, 0.3) is 11.1 Å². The highest BCUT2D eigenvalue weighted by Crippen LogP contribution is 2.30. The van der Waals surface area contributed by atoms with E-state index in [-0.39, 0.29) is 5.82 Å². The van der Waals surface area contributed by atoms with Crippen molar-refractivity contribution in [1.82, 2.24) is 0 Å². The van der Waals surface area contributed by atoms with Gasteiger partial charge in [-0.05, 0) is 48.4 Å². The molecule has 0 heterocycles. The second-order valence-corrected chi connectivity index (χ2v) is 4.37. The smallest absolute Gasteiger partial charge is 0.337 e. The molecule has 0 bridgehead atoms. The Morgan fingerprint density at radius 2 is 1.80 bits per heavy atom. The highest BCUT2D eigenvalue weighted by molar-refractivity contribution is 5.90. The third-order valence-corrected chi connectivity index (χ3v) is 3.11. The molecule has 0 aliphatic heterocycles. The molecule has 104 valence electrons. The van der Waals surface area contributed by atoms with Crippen molar-refractivity contribution in [2.45, 2.75) is 6.92 Å². The van der Waals surface area contributed by atoms with E-state index in [4.69, 9.17) is 4.74 Å². The van der Waals surface area contributed by atoms with Crippen molar-refractivity contribution >= 4 is 5.97 Å². The summed E-state index contributed by atoms with van der Waals surface area (Å²) in [6.07, 6.45) is 0. The minimum absolute atomic E-state index is 0.334. The van der Waals surface area contributed by atoms with Gasteiger partial charge < -0.3 is 9.47 Å². The summed E-state index contributed by atoms with van der Waals surface area (Å²) in [5.41, 5.74) is 2.39. The number of carbonyl (C=O) groups is 1. The summed E-state index contributed by atoms with van der Waals surface area (Å²) >= 11 is 0. The van der Waals surface area contributed by atoms with Gasteiger partial charge in [-0.1, -0.05) is 6.07 Å². The Bertz CT molecular complexity index is 650. The van der Waals surface area contributed by atoms with Crippen molar-refractivity contribution in [3.8, 4) is 16.9 Å². The van der Waals surface area contributed by atoms with Crippen LogP contribution < -0.4 is 4.74 Å². The van der Waals surface area contributed by atoms with Crippen LogP contribution in [-0.4, -0.2) is 20.2 Å². The van der Waals surface area contributed by atoms with Gasteiger partial charge in [-0.3, -0.25) is 0 Å². The van der Waals surface area contributed by atoms with Crippen LogP contribution in [0.4, 0.5) is 4.39 Å². The molecule has 0 spiro atoms. The zero-order valence-electron chi connectivity index (χ0n) is 11.6. The fraction of sp³-hybridized carbons (Fsp3) is 0.188. The number of ether oxygens (including phenoxy) is 2. The fourth-order valence-electron chi connectivity index (χ4n) is 2.05. The number of aryl methyl sites for hydroxylation is 1. The van der Waals surface area contributed by atoms with Crippen molar-refractivity contribution in [2.75, 3.05) is 14.2 Å². The Labute approximate surface area is 117 Å². The number of halogens is 1. The summed E-state index contributed by atoms with van der Waals surface area (Å²) in [6.45, 7) is 1.82. The third-order valence-electron chi connectivity index (χ3n) is 3.11. The van der Waals surface area contributed by atoms with Crippen LogP contribution >= 0.6 is 0 Å². The number of rotatable bonds is 3. The maximum absolute atomic E-state index is 13.9. The Hall–Kier alpha value is -2.36. The molecule has 2 rings (SSSR count). The second-order valence-electron chi connectivity index (χ2n) is 4.37. The van der Waals surface area contributed by atoms with E-state index in [1.807, 2.05) is 6.92 Å². The first-order valence-corrected chi connectivity index (χ1v) is 6.09. The quantitative estimate of drug-likeness (QED) is 0.802. The first-order valence-electron chi connectivity index (χ1n) is 6.09. The summed E-state index contributed by atoms with van der Waals surface area (Å²) in [6, 6.07) is 9.57. The Kier molecular flexibility index (Phi) is 4.03. The zero-order valence-corrected chi connectivity index (χ0v) is 11.6. The largest absolute Gasteiger partial charge is 0.497 e. The van der Waals surface area contributed by atoms with E-state index in [2.05, 4.69) is 4.74 Å².